The summed E-state index contributed by atoms with van der Waals surface area (Å²) in [5, 5.41) is 0. The van der Waals surface area contributed by atoms with E-state index in [1.54, 1.807) is 30.6 Å². The molecule has 0 aliphatic carbocycles. The highest BCUT2D eigenvalue weighted by Crippen LogP contribution is 2.40. The highest BCUT2D eigenvalue weighted by molar-refractivity contribution is 5.92. The first-order chi connectivity index (χ1) is 14.7. The van der Waals surface area contributed by atoms with Crippen molar-refractivity contribution in [2.45, 2.75) is 31.0 Å². The second kappa shape index (κ2) is 9.27. The fourth-order valence-corrected chi connectivity index (χ4v) is 4.13. The van der Waals surface area contributed by atoms with Gasteiger partial charge in [0.05, 0.1) is 25.5 Å². The Balaban J connectivity index is 1.43. The molecular formula is C21H25N5O4. The third-order valence-electron chi connectivity index (χ3n) is 5.64. The van der Waals surface area contributed by atoms with Crippen LogP contribution in [-0.4, -0.2) is 82.1 Å². The number of hydrogen-bond acceptors (Lipinski definition) is 7. The smallest absolute Gasteiger partial charge is 0.274 e. The van der Waals surface area contributed by atoms with Crippen LogP contribution in [0.2, 0.25) is 0 Å². The van der Waals surface area contributed by atoms with Gasteiger partial charge in [-0.25, -0.2) is 4.98 Å². The lowest BCUT2D eigenvalue weighted by molar-refractivity contribution is -0.183. The number of carbonyl (C=O) groups is 2. The number of hydrogen-bond donors (Lipinski definition) is 0. The van der Waals surface area contributed by atoms with Crippen LogP contribution in [0.5, 0.6) is 0 Å². The molecule has 4 heterocycles. The van der Waals surface area contributed by atoms with Crippen molar-refractivity contribution in [1.82, 2.24) is 24.8 Å². The average Bonchev–Trinajstić information content (AvgIpc) is 2.81. The van der Waals surface area contributed by atoms with Crippen LogP contribution in [0.3, 0.4) is 0 Å². The third-order valence-corrected chi connectivity index (χ3v) is 5.64. The van der Waals surface area contributed by atoms with Gasteiger partial charge in [-0.05, 0) is 30.5 Å². The number of amides is 2. The first-order valence-corrected chi connectivity index (χ1v) is 10.1. The van der Waals surface area contributed by atoms with Crippen molar-refractivity contribution in [3.63, 3.8) is 0 Å². The summed E-state index contributed by atoms with van der Waals surface area (Å²) in [6.07, 6.45) is 8.91. The summed E-state index contributed by atoms with van der Waals surface area (Å²) < 4.78 is 10.9. The summed E-state index contributed by atoms with van der Waals surface area (Å²) in [6.45, 7) is 1.95. The molecule has 158 valence electrons. The molecule has 0 spiro atoms. The molecule has 0 unspecified atom stereocenters. The highest BCUT2D eigenvalue weighted by Gasteiger charge is 2.52. The molecule has 2 fully saturated rings. The van der Waals surface area contributed by atoms with E-state index in [1.165, 1.54) is 12.4 Å². The van der Waals surface area contributed by atoms with E-state index >= 15 is 0 Å². The molecule has 0 radical (unpaired) electrons. The van der Waals surface area contributed by atoms with Crippen LogP contribution in [0.1, 0.15) is 34.9 Å². The third kappa shape index (κ3) is 4.03. The van der Waals surface area contributed by atoms with Gasteiger partial charge in [-0.3, -0.25) is 19.6 Å². The first-order valence-electron chi connectivity index (χ1n) is 10.1. The van der Waals surface area contributed by atoms with Crippen LogP contribution in [-0.2, 0) is 14.3 Å². The zero-order chi connectivity index (χ0) is 20.9. The lowest BCUT2D eigenvalue weighted by Crippen LogP contribution is -2.65. The largest absolute Gasteiger partial charge is 0.382 e. The maximum Gasteiger partial charge on any atom is 0.274 e. The van der Waals surface area contributed by atoms with Gasteiger partial charge in [-0.15, -0.1) is 0 Å². The van der Waals surface area contributed by atoms with Gasteiger partial charge in [0.2, 0.25) is 0 Å². The molecule has 30 heavy (non-hydrogen) atoms. The van der Waals surface area contributed by atoms with E-state index in [0.717, 1.165) is 5.56 Å². The number of methoxy groups -OCH3 is 1. The van der Waals surface area contributed by atoms with Crippen molar-refractivity contribution in [3.8, 4) is 0 Å². The van der Waals surface area contributed by atoms with Crippen molar-refractivity contribution in [2.75, 3.05) is 33.4 Å². The Hall–Kier alpha value is -2.91. The lowest BCUT2D eigenvalue weighted by atomic mass is 9.86. The lowest BCUT2D eigenvalue weighted by Gasteiger charge is -2.52. The summed E-state index contributed by atoms with van der Waals surface area (Å²) in [5.74, 6) is -0.130. The predicted octanol–water partition coefficient (Wildman–Crippen LogP) is 1.09. The molecule has 0 saturated carbocycles. The van der Waals surface area contributed by atoms with Gasteiger partial charge in [0.15, 0.2) is 6.10 Å². The van der Waals surface area contributed by atoms with Crippen LogP contribution < -0.4 is 0 Å². The maximum absolute atomic E-state index is 12.9. The Morgan fingerprint density at radius 2 is 1.87 bits per heavy atom. The van der Waals surface area contributed by atoms with E-state index in [4.69, 9.17) is 9.47 Å². The number of nitrogens with zero attached hydrogens (tertiary/aromatic N) is 5. The molecule has 2 aromatic rings. The summed E-state index contributed by atoms with van der Waals surface area (Å²) in [4.78, 5) is 41.4. The van der Waals surface area contributed by atoms with Crippen molar-refractivity contribution < 1.29 is 19.1 Å². The van der Waals surface area contributed by atoms with E-state index < -0.39 is 6.10 Å². The number of β-lactam (4-membered cyclic amide) rings is 1. The molecule has 2 aliphatic rings. The van der Waals surface area contributed by atoms with E-state index in [9.17, 15) is 9.59 Å². The van der Waals surface area contributed by atoms with Crippen molar-refractivity contribution in [1.29, 1.82) is 0 Å². The quantitative estimate of drug-likeness (QED) is 0.497. The fraction of sp³-hybridized carbons (Fsp3) is 0.476. The van der Waals surface area contributed by atoms with Gasteiger partial charge in [-0.2, -0.15) is 0 Å². The molecule has 2 aliphatic heterocycles. The molecule has 2 atom stereocenters. The maximum atomic E-state index is 12.9. The van der Waals surface area contributed by atoms with Gasteiger partial charge in [0.25, 0.3) is 11.8 Å². The average molecular weight is 411 g/mol. The zero-order valence-electron chi connectivity index (χ0n) is 16.9. The number of ether oxygens (including phenoxy) is 2. The summed E-state index contributed by atoms with van der Waals surface area (Å²) in [7, 11) is 1.61. The normalized spacial score (nSPS) is 22.1. The summed E-state index contributed by atoms with van der Waals surface area (Å²) in [6, 6.07) is 3.75. The number of carbonyl (C=O) groups excluding carboxylic acids is 2. The minimum atomic E-state index is -0.512. The van der Waals surface area contributed by atoms with Gasteiger partial charge in [0, 0.05) is 51.0 Å². The molecule has 9 heteroatoms. The van der Waals surface area contributed by atoms with E-state index in [1.807, 2.05) is 17.0 Å². The monoisotopic (exact) mass is 411 g/mol. The zero-order valence-corrected chi connectivity index (χ0v) is 16.9. The number of pyridine rings is 1. The second-order valence-corrected chi connectivity index (χ2v) is 7.37. The molecule has 4 rings (SSSR count). The van der Waals surface area contributed by atoms with Crippen molar-refractivity contribution in [3.05, 3.63) is 54.4 Å². The molecular weight excluding hydrogens is 386 g/mol. The van der Waals surface area contributed by atoms with Gasteiger partial charge in [0.1, 0.15) is 5.69 Å². The number of rotatable bonds is 7. The molecule has 9 nitrogen and oxygen atoms in total. The Bertz CT molecular complexity index is 858. The predicted molar refractivity (Wildman–Crippen MR) is 106 cm³/mol. The van der Waals surface area contributed by atoms with Crippen LogP contribution >= 0.6 is 0 Å². The Kier molecular flexibility index (Phi) is 6.29. The van der Waals surface area contributed by atoms with E-state index in [0.29, 0.717) is 44.8 Å². The topological polar surface area (TPSA) is 97.8 Å². The van der Waals surface area contributed by atoms with Crippen molar-refractivity contribution >= 4 is 11.8 Å². The molecule has 2 aromatic heterocycles. The molecule has 2 amide bonds. The molecule has 0 bridgehead atoms. The Morgan fingerprint density at radius 3 is 2.53 bits per heavy atom. The fourth-order valence-electron chi connectivity index (χ4n) is 4.13. The highest BCUT2D eigenvalue weighted by atomic mass is 16.5. The van der Waals surface area contributed by atoms with Gasteiger partial charge < -0.3 is 19.3 Å². The van der Waals surface area contributed by atoms with Crippen molar-refractivity contribution in [2.24, 2.45) is 0 Å². The molecule has 2 saturated heterocycles. The number of aromatic nitrogens is 3. The minimum Gasteiger partial charge on any atom is -0.382 e. The SMILES string of the molecule is COCCO[C@H]1C(=O)N(C2CCN(C(=O)c3cnccn3)CC2)[C@H]1c1ccncc1. The summed E-state index contributed by atoms with van der Waals surface area (Å²) >= 11 is 0. The number of likely N-dealkylation sites (tertiary alicyclic amines) is 2. The van der Waals surface area contributed by atoms with Crippen LogP contribution in [0.25, 0.3) is 0 Å². The van der Waals surface area contributed by atoms with Gasteiger partial charge >= 0.3 is 0 Å². The Morgan fingerprint density at radius 1 is 1.10 bits per heavy atom. The first kappa shape index (κ1) is 20.4. The van der Waals surface area contributed by atoms with Crippen LogP contribution in [0.15, 0.2) is 43.1 Å². The van der Waals surface area contributed by atoms with Crippen LogP contribution in [0.4, 0.5) is 0 Å². The molecule has 0 aromatic carbocycles. The van der Waals surface area contributed by atoms with Gasteiger partial charge in [-0.1, -0.05) is 0 Å². The van der Waals surface area contributed by atoms with Crippen LogP contribution in [0, 0.1) is 0 Å². The summed E-state index contributed by atoms with van der Waals surface area (Å²) in [5.41, 5.74) is 1.35. The number of piperidine rings is 1. The standard InChI is InChI=1S/C21H25N5O4/c1-29-12-13-30-19-18(15-2-6-22-7-3-15)26(21(19)28)16-4-10-25(11-5-16)20(27)17-14-23-8-9-24-17/h2-3,6-9,14,16,18-19H,4-5,10-13H2,1H3/t18-,19+/m0/s1. The van der Waals surface area contributed by atoms with E-state index in [-0.39, 0.29) is 23.9 Å². The minimum absolute atomic E-state index is 0.00776. The Labute approximate surface area is 175 Å². The molecule has 0 N–H and O–H groups in total. The van der Waals surface area contributed by atoms with E-state index in [2.05, 4.69) is 15.0 Å². The second-order valence-electron chi connectivity index (χ2n) is 7.37.